The van der Waals surface area contributed by atoms with Crippen LogP contribution in [0.4, 0.5) is 13.2 Å². The Bertz CT molecular complexity index is 953. The molecule has 0 aliphatic carbocycles. The van der Waals surface area contributed by atoms with E-state index in [1.54, 1.807) is 24.3 Å². The van der Waals surface area contributed by atoms with Crippen molar-refractivity contribution < 1.29 is 22.7 Å². The van der Waals surface area contributed by atoms with E-state index in [0.29, 0.717) is 22.2 Å². The molecule has 0 aliphatic rings. The van der Waals surface area contributed by atoms with Crippen molar-refractivity contribution in [2.24, 2.45) is 0 Å². The number of benzene rings is 1. The number of carbonyl (C=O) groups is 1. The van der Waals surface area contributed by atoms with E-state index in [-0.39, 0.29) is 12.2 Å². The minimum absolute atomic E-state index is 0.0387. The Morgan fingerprint density at radius 2 is 2.04 bits per heavy atom. The van der Waals surface area contributed by atoms with Crippen molar-refractivity contribution in [3.63, 3.8) is 0 Å². The third-order valence-corrected chi connectivity index (χ3v) is 3.72. The van der Waals surface area contributed by atoms with E-state index in [0.717, 1.165) is 17.2 Å². The molecule has 3 rings (SSSR count). The predicted octanol–water partition coefficient (Wildman–Crippen LogP) is 3.94. The molecule has 0 spiro atoms. The lowest BCUT2D eigenvalue weighted by Gasteiger charge is -2.07. The summed E-state index contributed by atoms with van der Waals surface area (Å²) in [6.07, 6.45) is -3.16. The Balaban J connectivity index is 2.01. The topological polar surface area (TPSA) is 57.0 Å². The van der Waals surface area contributed by atoms with Gasteiger partial charge < -0.3 is 4.74 Å². The molecule has 0 saturated heterocycles. The van der Waals surface area contributed by atoms with E-state index in [9.17, 15) is 18.0 Å². The van der Waals surface area contributed by atoms with Gasteiger partial charge in [-0.25, -0.2) is 4.79 Å². The normalized spacial score (nSPS) is 11.7. The van der Waals surface area contributed by atoms with Gasteiger partial charge >= 0.3 is 12.1 Å². The highest BCUT2D eigenvalue weighted by molar-refractivity contribution is 6.31. The number of esters is 1. The van der Waals surface area contributed by atoms with Gasteiger partial charge in [-0.2, -0.15) is 18.3 Å². The molecule has 0 fully saturated rings. The highest BCUT2D eigenvalue weighted by Crippen LogP contribution is 2.29. The molecule has 0 atom stereocenters. The number of halogens is 4. The molecule has 2 aromatic heterocycles. The zero-order valence-corrected chi connectivity index (χ0v) is 13.6. The van der Waals surface area contributed by atoms with Gasteiger partial charge in [0.1, 0.15) is 5.69 Å². The van der Waals surface area contributed by atoms with Crippen molar-refractivity contribution in [3.05, 3.63) is 58.5 Å². The monoisotopic (exact) mass is 369 g/mol. The molecule has 0 N–H and O–H groups in total. The number of ether oxygens (including phenoxy) is 1. The minimum atomic E-state index is -4.66. The van der Waals surface area contributed by atoms with Gasteiger partial charge in [-0.3, -0.25) is 9.67 Å². The Morgan fingerprint density at radius 1 is 1.28 bits per heavy atom. The first-order valence-electron chi connectivity index (χ1n) is 7.05. The summed E-state index contributed by atoms with van der Waals surface area (Å²) in [5, 5.41) is 4.66. The first-order chi connectivity index (χ1) is 11.8. The average Bonchev–Trinajstić information content (AvgIpc) is 2.98. The molecule has 0 amide bonds. The number of hydrogen-bond acceptors (Lipinski definition) is 4. The second-order valence-electron chi connectivity index (χ2n) is 5.24. The molecule has 0 bridgehead atoms. The molecule has 25 heavy (non-hydrogen) atoms. The molecular formula is C16H11ClF3N3O2. The van der Waals surface area contributed by atoms with Crippen LogP contribution in [-0.4, -0.2) is 27.8 Å². The quantitative estimate of drug-likeness (QED) is 0.656. The Labute approximate surface area is 145 Å². The van der Waals surface area contributed by atoms with Crippen LogP contribution in [0, 0.1) is 0 Å². The number of rotatable bonds is 3. The van der Waals surface area contributed by atoms with E-state index in [1.165, 1.54) is 6.20 Å². The van der Waals surface area contributed by atoms with Crippen molar-refractivity contribution in [1.82, 2.24) is 14.8 Å². The summed E-state index contributed by atoms with van der Waals surface area (Å²) in [5.41, 5.74) is -0.103. The predicted molar refractivity (Wildman–Crippen MR) is 84.4 cm³/mol. The smallest absolute Gasteiger partial charge is 0.435 e. The van der Waals surface area contributed by atoms with Crippen LogP contribution in [0.5, 0.6) is 0 Å². The third-order valence-electron chi connectivity index (χ3n) is 3.51. The summed E-state index contributed by atoms with van der Waals surface area (Å²) in [7, 11) is 1.09. The zero-order chi connectivity index (χ0) is 18.2. The van der Waals surface area contributed by atoms with Crippen LogP contribution in [0.3, 0.4) is 0 Å². The fourth-order valence-corrected chi connectivity index (χ4v) is 2.54. The maximum Gasteiger partial charge on any atom is 0.435 e. The molecule has 0 unspecified atom stereocenters. The standard InChI is InChI=1S/C16H11ClF3N3O2/c1-25-15(24)13-6-14(16(18,19)20)22-23(13)8-9-2-3-12-10(4-9)5-11(17)7-21-12/h2-7H,8H2,1H3. The molecule has 0 aliphatic heterocycles. The van der Waals surface area contributed by atoms with Crippen molar-refractivity contribution in [2.75, 3.05) is 7.11 Å². The SMILES string of the molecule is COC(=O)c1cc(C(F)(F)F)nn1Cc1ccc2ncc(Cl)cc2c1. The van der Waals surface area contributed by atoms with Gasteiger partial charge in [0.05, 0.1) is 24.2 Å². The molecular weight excluding hydrogens is 359 g/mol. The number of carbonyl (C=O) groups excluding carboxylic acids is 1. The summed E-state index contributed by atoms with van der Waals surface area (Å²) in [6.45, 7) is -0.0387. The van der Waals surface area contributed by atoms with E-state index >= 15 is 0 Å². The van der Waals surface area contributed by atoms with E-state index in [1.807, 2.05) is 0 Å². The summed E-state index contributed by atoms with van der Waals surface area (Å²) in [4.78, 5) is 15.9. The first-order valence-corrected chi connectivity index (χ1v) is 7.43. The number of methoxy groups -OCH3 is 1. The molecule has 5 nitrogen and oxygen atoms in total. The van der Waals surface area contributed by atoms with Crippen LogP contribution in [0.1, 0.15) is 21.7 Å². The van der Waals surface area contributed by atoms with Crippen molar-refractivity contribution in [1.29, 1.82) is 0 Å². The number of nitrogens with zero attached hydrogens (tertiary/aromatic N) is 3. The Kier molecular flexibility index (Phi) is 4.38. The molecule has 9 heteroatoms. The van der Waals surface area contributed by atoms with Gasteiger partial charge in [0.2, 0.25) is 0 Å². The molecule has 0 radical (unpaired) electrons. The molecule has 130 valence electrons. The number of hydrogen-bond donors (Lipinski definition) is 0. The zero-order valence-electron chi connectivity index (χ0n) is 12.8. The van der Waals surface area contributed by atoms with Crippen LogP contribution in [-0.2, 0) is 17.5 Å². The van der Waals surface area contributed by atoms with E-state index in [2.05, 4.69) is 14.8 Å². The van der Waals surface area contributed by atoms with E-state index in [4.69, 9.17) is 11.6 Å². The minimum Gasteiger partial charge on any atom is -0.464 e. The number of alkyl halides is 3. The molecule has 0 saturated carbocycles. The van der Waals surface area contributed by atoms with Gasteiger partial charge in [0.15, 0.2) is 5.69 Å². The van der Waals surface area contributed by atoms with Gasteiger partial charge in [0, 0.05) is 17.6 Å². The van der Waals surface area contributed by atoms with Crippen molar-refractivity contribution in [2.45, 2.75) is 12.7 Å². The summed E-state index contributed by atoms with van der Waals surface area (Å²) in [5.74, 6) is -0.895. The highest BCUT2D eigenvalue weighted by Gasteiger charge is 2.36. The summed E-state index contributed by atoms with van der Waals surface area (Å²) in [6, 6.07) is 7.50. The summed E-state index contributed by atoms with van der Waals surface area (Å²) < 4.78 is 44.2. The maximum absolute atomic E-state index is 12.9. The van der Waals surface area contributed by atoms with Crippen LogP contribution in [0.2, 0.25) is 5.02 Å². The molecule has 2 heterocycles. The van der Waals surface area contributed by atoms with Crippen LogP contribution in [0.15, 0.2) is 36.5 Å². The number of fused-ring (bicyclic) bond motifs is 1. The fraction of sp³-hybridized carbons (Fsp3) is 0.188. The highest BCUT2D eigenvalue weighted by atomic mass is 35.5. The largest absolute Gasteiger partial charge is 0.464 e. The van der Waals surface area contributed by atoms with Crippen LogP contribution < -0.4 is 0 Å². The molecule has 1 aromatic carbocycles. The Morgan fingerprint density at radius 3 is 2.72 bits per heavy atom. The van der Waals surface area contributed by atoms with Gasteiger partial charge in [-0.05, 0) is 23.8 Å². The van der Waals surface area contributed by atoms with Crippen LogP contribution in [0.25, 0.3) is 10.9 Å². The molecule has 3 aromatic rings. The third kappa shape index (κ3) is 3.58. The van der Waals surface area contributed by atoms with Crippen molar-refractivity contribution in [3.8, 4) is 0 Å². The number of aromatic nitrogens is 3. The first kappa shape index (κ1) is 17.2. The lowest BCUT2D eigenvalue weighted by atomic mass is 10.1. The average molecular weight is 370 g/mol. The maximum atomic E-state index is 12.9. The lowest BCUT2D eigenvalue weighted by Crippen LogP contribution is -2.13. The fourth-order valence-electron chi connectivity index (χ4n) is 2.37. The Hall–Kier alpha value is -2.61. The second kappa shape index (κ2) is 6.36. The van der Waals surface area contributed by atoms with E-state index < -0.39 is 17.8 Å². The van der Waals surface area contributed by atoms with Crippen molar-refractivity contribution >= 4 is 28.5 Å². The summed E-state index contributed by atoms with van der Waals surface area (Å²) >= 11 is 5.90. The lowest BCUT2D eigenvalue weighted by molar-refractivity contribution is -0.141. The second-order valence-corrected chi connectivity index (χ2v) is 5.68. The van der Waals surface area contributed by atoms with Gasteiger partial charge in [-0.15, -0.1) is 0 Å². The van der Waals surface area contributed by atoms with Gasteiger partial charge in [0.25, 0.3) is 0 Å². The van der Waals surface area contributed by atoms with Crippen LogP contribution >= 0.6 is 11.6 Å². The number of pyridine rings is 1. The van der Waals surface area contributed by atoms with Gasteiger partial charge in [-0.1, -0.05) is 17.7 Å².